The summed E-state index contributed by atoms with van der Waals surface area (Å²) in [6, 6.07) is 10.1. The summed E-state index contributed by atoms with van der Waals surface area (Å²) in [6.07, 6.45) is 1.44. The summed E-state index contributed by atoms with van der Waals surface area (Å²) >= 11 is 5.99. The molecule has 0 atom stereocenters. The van der Waals surface area contributed by atoms with Gasteiger partial charge >= 0.3 is 0 Å². The molecule has 1 aromatic carbocycles. The van der Waals surface area contributed by atoms with Crippen LogP contribution in [-0.4, -0.2) is 10.5 Å². The number of anilines is 1. The maximum atomic E-state index is 11.8. The second-order valence-electron chi connectivity index (χ2n) is 4.30. The molecule has 2 aromatic rings. The molecule has 0 saturated carbocycles. The minimum absolute atomic E-state index is 0.0751. The third kappa shape index (κ3) is 3.61. The number of amides is 1. The predicted octanol–water partition coefficient (Wildman–Crippen LogP) is 1.40. The number of hydrogen-bond donors (Lipinski definition) is 2. The highest BCUT2D eigenvalue weighted by Gasteiger charge is 2.06. The van der Waals surface area contributed by atoms with E-state index in [2.05, 4.69) is 5.32 Å². The summed E-state index contributed by atoms with van der Waals surface area (Å²) in [4.78, 5) is 23.3. The van der Waals surface area contributed by atoms with Gasteiger partial charge in [-0.15, -0.1) is 0 Å². The summed E-state index contributed by atoms with van der Waals surface area (Å²) in [7, 11) is 0. The number of nitrogens with one attached hydrogen (secondary N) is 1. The molecule has 0 bridgehead atoms. The number of pyridine rings is 1. The fourth-order valence-corrected chi connectivity index (χ4v) is 1.92. The molecule has 6 heteroatoms. The first-order valence-electron chi connectivity index (χ1n) is 6.02. The highest BCUT2D eigenvalue weighted by atomic mass is 35.5. The number of nitrogens with zero attached hydrogens (tertiary/aromatic N) is 1. The summed E-state index contributed by atoms with van der Waals surface area (Å²) in [5.41, 5.74) is 6.56. The van der Waals surface area contributed by atoms with Gasteiger partial charge < -0.3 is 15.6 Å². The molecule has 104 valence electrons. The number of aromatic nitrogens is 1. The first-order chi connectivity index (χ1) is 9.56. The van der Waals surface area contributed by atoms with Gasteiger partial charge in [-0.1, -0.05) is 29.8 Å². The van der Waals surface area contributed by atoms with Crippen molar-refractivity contribution in [1.82, 2.24) is 9.88 Å². The average Bonchev–Trinajstić information content (AvgIpc) is 2.42. The van der Waals surface area contributed by atoms with Crippen LogP contribution in [0.25, 0.3) is 0 Å². The number of hydrogen-bond acceptors (Lipinski definition) is 3. The van der Waals surface area contributed by atoms with Crippen molar-refractivity contribution < 1.29 is 4.79 Å². The van der Waals surface area contributed by atoms with Gasteiger partial charge in [0.25, 0.3) is 5.56 Å². The van der Waals surface area contributed by atoms with E-state index in [1.807, 2.05) is 18.2 Å². The van der Waals surface area contributed by atoms with E-state index in [0.717, 1.165) is 5.56 Å². The molecule has 5 nitrogen and oxygen atoms in total. The van der Waals surface area contributed by atoms with Crippen molar-refractivity contribution in [3.05, 3.63) is 63.5 Å². The quantitative estimate of drug-likeness (QED) is 0.894. The van der Waals surface area contributed by atoms with Crippen LogP contribution >= 0.6 is 11.6 Å². The zero-order chi connectivity index (χ0) is 14.5. The second kappa shape index (κ2) is 6.25. The monoisotopic (exact) mass is 291 g/mol. The SMILES string of the molecule is Nc1ccc(=O)n(CC(=O)NCc2ccccc2Cl)c1. The Morgan fingerprint density at radius 1 is 1.25 bits per heavy atom. The topological polar surface area (TPSA) is 77.1 Å². The molecule has 0 saturated heterocycles. The third-order valence-electron chi connectivity index (χ3n) is 2.75. The largest absolute Gasteiger partial charge is 0.398 e. The van der Waals surface area contributed by atoms with Crippen molar-refractivity contribution in [2.24, 2.45) is 0 Å². The number of nitrogens with two attached hydrogens (primary N) is 1. The molecule has 1 heterocycles. The van der Waals surface area contributed by atoms with E-state index in [0.29, 0.717) is 17.3 Å². The molecule has 1 aromatic heterocycles. The van der Waals surface area contributed by atoms with Crippen LogP contribution in [0.4, 0.5) is 5.69 Å². The first kappa shape index (κ1) is 14.1. The molecule has 0 radical (unpaired) electrons. The second-order valence-corrected chi connectivity index (χ2v) is 4.70. The summed E-state index contributed by atoms with van der Waals surface area (Å²) in [5.74, 6) is -0.280. The highest BCUT2D eigenvalue weighted by Crippen LogP contribution is 2.14. The smallest absolute Gasteiger partial charge is 0.251 e. The van der Waals surface area contributed by atoms with Crippen LogP contribution < -0.4 is 16.6 Å². The standard InChI is InChI=1S/C14H14ClN3O2/c15-12-4-2-1-3-10(12)7-17-13(19)9-18-8-11(16)5-6-14(18)20/h1-6,8H,7,9,16H2,(H,17,19). The van der Waals surface area contributed by atoms with Crippen LogP contribution in [0.5, 0.6) is 0 Å². The van der Waals surface area contributed by atoms with Gasteiger partial charge in [0.15, 0.2) is 0 Å². The minimum Gasteiger partial charge on any atom is -0.398 e. The number of benzene rings is 1. The van der Waals surface area contributed by atoms with Gasteiger partial charge in [0.05, 0.1) is 0 Å². The highest BCUT2D eigenvalue weighted by molar-refractivity contribution is 6.31. The molecule has 0 fully saturated rings. The molecule has 0 aliphatic rings. The number of rotatable bonds is 4. The lowest BCUT2D eigenvalue weighted by Gasteiger charge is -2.09. The van der Waals surface area contributed by atoms with E-state index in [1.54, 1.807) is 6.07 Å². The van der Waals surface area contributed by atoms with Gasteiger partial charge in [-0.3, -0.25) is 9.59 Å². The molecule has 3 N–H and O–H groups in total. The Balaban J connectivity index is 1.98. The van der Waals surface area contributed by atoms with Crippen molar-refractivity contribution in [3.63, 3.8) is 0 Å². The molecular formula is C14H14ClN3O2. The zero-order valence-electron chi connectivity index (χ0n) is 10.7. The van der Waals surface area contributed by atoms with Gasteiger partial charge in [0.1, 0.15) is 6.54 Å². The molecule has 0 aliphatic carbocycles. The molecule has 0 aliphatic heterocycles. The fraction of sp³-hybridized carbons (Fsp3) is 0.143. The summed E-state index contributed by atoms with van der Waals surface area (Å²) in [6.45, 7) is 0.240. The Morgan fingerprint density at radius 2 is 2.00 bits per heavy atom. The van der Waals surface area contributed by atoms with Crippen LogP contribution in [0.2, 0.25) is 5.02 Å². The van der Waals surface area contributed by atoms with Gasteiger partial charge in [-0.25, -0.2) is 0 Å². The Bertz CT molecular complexity index is 682. The van der Waals surface area contributed by atoms with Crippen molar-refractivity contribution >= 4 is 23.2 Å². The number of halogens is 1. The van der Waals surface area contributed by atoms with Crippen molar-refractivity contribution in [3.8, 4) is 0 Å². The Hall–Kier alpha value is -2.27. The van der Waals surface area contributed by atoms with E-state index in [9.17, 15) is 9.59 Å². The van der Waals surface area contributed by atoms with E-state index >= 15 is 0 Å². The maximum Gasteiger partial charge on any atom is 0.251 e. The van der Waals surface area contributed by atoms with Crippen LogP contribution in [0.1, 0.15) is 5.56 Å². The van der Waals surface area contributed by atoms with Crippen molar-refractivity contribution in [1.29, 1.82) is 0 Å². The Labute approximate surface area is 121 Å². The Kier molecular flexibility index (Phi) is 4.42. The van der Waals surface area contributed by atoms with Crippen LogP contribution in [0.3, 0.4) is 0 Å². The normalized spacial score (nSPS) is 10.2. The lowest BCUT2D eigenvalue weighted by atomic mass is 10.2. The minimum atomic E-state index is -0.280. The van der Waals surface area contributed by atoms with E-state index < -0.39 is 0 Å². The van der Waals surface area contributed by atoms with Crippen molar-refractivity contribution in [2.45, 2.75) is 13.1 Å². The van der Waals surface area contributed by atoms with E-state index in [-0.39, 0.29) is 18.0 Å². The summed E-state index contributed by atoms with van der Waals surface area (Å²) < 4.78 is 1.26. The van der Waals surface area contributed by atoms with E-state index in [4.69, 9.17) is 17.3 Å². The molecule has 0 spiro atoms. The van der Waals surface area contributed by atoms with Crippen LogP contribution in [0, 0.1) is 0 Å². The Morgan fingerprint density at radius 3 is 2.75 bits per heavy atom. The number of carbonyl (C=O) groups excluding carboxylic acids is 1. The molecular weight excluding hydrogens is 278 g/mol. The molecule has 0 unspecified atom stereocenters. The predicted molar refractivity (Wildman–Crippen MR) is 78.4 cm³/mol. The van der Waals surface area contributed by atoms with E-state index in [1.165, 1.54) is 22.9 Å². The average molecular weight is 292 g/mol. The molecule has 20 heavy (non-hydrogen) atoms. The first-order valence-corrected chi connectivity index (χ1v) is 6.40. The zero-order valence-corrected chi connectivity index (χ0v) is 11.4. The van der Waals surface area contributed by atoms with Crippen molar-refractivity contribution in [2.75, 3.05) is 5.73 Å². The summed E-state index contributed by atoms with van der Waals surface area (Å²) in [5, 5.41) is 3.30. The fourth-order valence-electron chi connectivity index (χ4n) is 1.72. The molecule has 1 amide bonds. The number of nitrogen functional groups attached to an aromatic ring is 1. The molecule has 2 rings (SSSR count). The lowest BCUT2D eigenvalue weighted by Crippen LogP contribution is -2.31. The number of carbonyl (C=O) groups is 1. The maximum absolute atomic E-state index is 11.8. The van der Waals surface area contributed by atoms with Gasteiger partial charge in [-0.05, 0) is 17.7 Å². The van der Waals surface area contributed by atoms with Gasteiger partial charge in [0, 0.05) is 29.5 Å². The lowest BCUT2D eigenvalue weighted by molar-refractivity contribution is -0.121. The van der Waals surface area contributed by atoms with Crippen LogP contribution in [0.15, 0.2) is 47.4 Å². The van der Waals surface area contributed by atoms with Crippen LogP contribution in [-0.2, 0) is 17.9 Å². The third-order valence-corrected chi connectivity index (χ3v) is 3.12. The van der Waals surface area contributed by atoms with Gasteiger partial charge in [0.2, 0.25) is 5.91 Å². The van der Waals surface area contributed by atoms with Gasteiger partial charge in [-0.2, -0.15) is 0 Å².